The van der Waals surface area contributed by atoms with E-state index in [4.69, 9.17) is 0 Å². The zero-order valence-corrected chi connectivity index (χ0v) is 20.0. The van der Waals surface area contributed by atoms with Crippen LogP contribution in [-0.2, 0) is 24.0 Å². The van der Waals surface area contributed by atoms with Gasteiger partial charge in [0.05, 0.1) is 19.1 Å². The number of aliphatic hydroxyl groups is 1. The zero-order valence-electron chi connectivity index (χ0n) is 20.0. The summed E-state index contributed by atoms with van der Waals surface area (Å²) >= 11 is 0. The monoisotopic (exact) mass is 487 g/mol. The molecular weight excluding hydrogens is 454 g/mol. The Morgan fingerprint density at radius 1 is 0.914 bits per heavy atom. The number of carbonyl (C=O) groups excluding carboxylic acids is 5. The number of rotatable bonds is 3. The Balaban J connectivity index is 1.92. The van der Waals surface area contributed by atoms with Crippen molar-refractivity contribution in [1.82, 2.24) is 26.2 Å². The van der Waals surface area contributed by atoms with E-state index in [0.717, 1.165) is 0 Å². The van der Waals surface area contributed by atoms with Crippen molar-refractivity contribution in [3.8, 4) is 0 Å². The van der Waals surface area contributed by atoms with Crippen molar-refractivity contribution in [2.45, 2.75) is 69.7 Å². The SMILES string of the molecule is CC[C@@H]1NC(=O)[C@@H]2CCCN2C(=O)[C@H](C)NC(=O)C[C@H](c2ccccc2)NC(=O)[C@H](CO)NC1=O. The van der Waals surface area contributed by atoms with Gasteiger partial charge in [0.1, 0.15) is 24.2 Å². The molecule has 1 aromatic rings. The summed E-state index contributed by atoms with van der Waals surface area (Å²) in [6, 6.07) is 4.18. The van der Waals surface area contributed by atoms with Crippen LogP contribution in [-0.4, -0.2) is 76.9 Å². The minimum Gasteiger partial charge on any atom is -0.394 e. The number of hydrogen-bond acceptors (Lipinski definition) is 6. The van der Waals surface area contributed by atoms with Gasteiger partial charge in [0.25, 0.3) is 0 Å². The van der Waals surface area contributed by atoms with Crippen LogP contribution < -0.4 is 21.3 Å². The van der Waals surface area contributed by atoms with Crippen molar-refractivity contribution < 1.29 is 29.1 Å². The quantitative estimate of drug-likeness (QED) is 0.373. The minimum atomic E-state index is -1.28. The van der Waals surface area contributed by atoms with Crippen molar-refractivity contribution in [1.29, 1.82) is 0 Å². The highest BCUT2D eigenvalue weighted by molar-refractivity contribution is 5.96. The van der Waals surface area contributed by atoms with Crippen molar-refractivity contribution in [2.75, 3.05) is 13.2 Å². The third-order valence-corrected chi connectivity index (χ3v) is 6.35. The standard InChI is InChI=1S/C24H33N5O6/c1-3-16-21(32)28-18(13-30)22(33)27-17(15-8-5-4-6-9-15)12-20(31)25-14(2)24(35)29-11-7-10-19(29)23(34)26-16/h4-6,8-9,14,16-19,30H,3,7,10-13H2,1-2H3,(H,25,31)(H,26,34)(H,27,33)(H,28,32)/t14-,16-,17+,18-,19-/m0/s1. The molecule has 0 aliphatic carbocycles. The van der Waals surface area contributed by atoms with Crippen LogP contribution in [0.15, 0.2) is 30.3 Å². The van der Waals surface area contributed by atoms with E-state index < -0.39 is 60.4 Å². The fraction of sp³-hybridized carbons (Fsp3) is 0.542. The Morgan fingerprint density at radius 2 is 1.57 bits per heavy atom. The average molecular weight is 488 g/mol. The van der Waals surface area contributed by atoms with Crippen molar-refractivity contribution in [3.05, 3.63) is 35.9 Å². The van der Waals surface area contributed by atoms with Crippen LogP contribution >= 0.6 is 0 Å². The average Bonchev–Trinajstić information content (AvgIpc) is 3.34. The predicted octanol–water partition coefficient (Wildman–Crippen LogP) is -0.885. The molecule has 2 fully saturated rings. The molecule has 2 saturated heterocycles. The van der Waals surface area contributed by atoms with Gasteiger partial charge in [0, 0.05) is 6.54 Å². The van der Waals surface area contributed by atoms with E-state index >= 15 is 0 Å². The molecule has 0 aromatic heterocycles. The van der Waals surface area contributed by atoms with Gasteiger partial charge in [-0.3, -0.25) is 24.0 Å². The van der Waals surface area contributed by atoms with E-state index in [1.165, 1.54) is 4.90 Å². The summed E-state index contributed by atoms with van der Waals surface area (Å²) in [6.45, 7) is 2.96. The Bertz CT molecular complexity index is 955. The van der Waals surface area contributed by atoms with Crippen LogP contribution in [0.4, 0.5) is 0 Å². The second-order valence-electron chi connectivity index (χ2n) is 8.87. The maximum absolute atomic E-state index is 13.1. The van der Waals surface area contributed by atoms with E-state index in [1.807, 2.05) is 0 Å². The predicted molar refractivity (Wildman–Crippen MR) is 126 cm³/mol. The fourth-order valence-electron chi connectivity index (χ4n) is 4.40. The maximum Gasteiger partial charge on any atom is 0.245 e. The number of carbonyl (C=O) groups is 5. The molecule has 11 nitrogen and oxygen atoms in total. The van der Waals surface area contributed by atoms with E-state index in [1.54, 1.807) is 44.2 Å². The highest BCUT2D eigenvalue weighted by atomic mass is 16.3. The summed E-state index contributed by atoms with van der Waals surface area (Å²) in [5.74, 6) is -2.64. The first-order chi connectivity index (χ1) is 16.7. The number of fused-ring (bicyclic) bond motifs is 1. The van der Waals surface area contributed by atoms with Crippen LogP contribution in [0.25, 0.3) is 0 Å². The molecule has 5 atom stereocenters. The second-order valence-corrected chi connectivity index (χ2v) is 8.87. The molecule has 5 amide bonds. The molecule has 0 spiro atoms. The molecule has 1 aromatic carbocycles. The number of amides is 5. The molecule has 0 saturated carbocycles. The van der Waals surface area contributed by atoms with Gasteiger partial charge < -0.3 is 31.3 Å². The third-order valence-electron chi connectivity index (χ3n) is 6.35. The lowest BCUT2D eigenvalue weighted by Crippen LogP contribution is -2.58. The molecule has 35 heavy (non-hydrogen) atoms. The largest absolute Gasteiger partial charge is 0.394 e. The van der Waals surface area contributed by atoms with E-state index in [9.17, 15) is 29.1 Å². The smallest absolute Gasteiger partial charge is 0.245 e. The summed E-state index contributed by atoms with van der Waals surface area (Å²) in [5, 5.41) is 20.3. The van der Waals surface area contributed by atoms with Crippen LogP contribution in [0, 0.1) is 0 Å². The molecule has 0 radical (unpaired) electrons. The fourth-order valence-corrected chi connectivity index (χ4v) is 4.40. The normalized spacial score (nSPS) is 29.1. The molecule has 190 valence electrons. The Labute approximate surface area is 204 Å². The minimum absolute atomic E-state index is 0.166. The summed E-state index contributed by atoms with van der Waals surface area (Å²) in [6.07, 6.45) is 1.14. The van der Waals surface area contributed by atoms with Gasteiger partial charge in [-0.2, -0.15) is 0 Å². The summed E-state index contributed by atoms with van der Waals surface area (Å²) in [7, 11) is 0. The van der Waals surface area contributed by atoms with Crippen LogP contribution in [0.2, 0.25) is 0 Å². The lowest BCUT2D eigenvalue weighted by atomic mass is 10.0. The number of hydrogen-bond donors (Lipinski definition) is 5. The lowest BCUT2D eigenvalue weighted by molar-refractivity contribution is -0.142. The van der Waals surface area contributed by atoms with E-state index in [2.05, 4.69) is 21.3 Å². The first-order valence-electron chi connectivity index (χ1n) is 11.9. The molecule has 0 bridgehead atoms. The Morgan fingerprint density at radius 3 is 2.23 bits per heavy atom. The summed E-state index contributed by atoms with van der Waals surface area (Å²) < 4.78 is 0. The Hall–Kier alpha value is -3.47. The second kappa shape index (κ2) is 11.8. The highest BCUT2D eigenvalue weighted by Gasteiger charge is 2.38. The molecule has 5 N–H and O–H groups in total. The summed E-state index contributed by atoms with van der Waals surface area (Å²) in [5.41, 5.74) is 0.650. The van der Waals surface area contributed by atoms with Crippen molar-refractivity contribution in [2.24, 2.45) is 0 Å². The van der Waals surface area contributed by atoms with Gasteiger partial charge >= 0.3 is 0 Å². The van der Waals surface area contributed by atoms with Crippen LogP contribution in [0.3, 0.4) is 0 Å². The lowest BCUT2D eigenvalue weighted by Gasteiger charge is -2.30. The molecule has 2 aliphatic heterocycles. The van der Waals surface area contributed by atoms with Gasteiger partial charge in [-0.05, 0) is 31.7 Å². The molecule has 11 heteroatoms. The number of nitrogens with one attached hydrogen (secondary N) is 4. The molecule has 3 rings (SSSR count). The van der Waals surface area contributed by atoms with Gasteiger partial charge in [-0.1, -0.05) is 37.3 Å². The number of benzene rings is 1. The van der Waals surface area contributed by atoms with Gasteiger partial charge in [0.15, 0.2) is 0 Å². The summed E-state index contributed by atoms with van der Waals surface area (Å²) in [4.78, 5) is 66.0. The number of aliphatic hydroxyl groups excluding tert-OH is 1. The Kier molecular flexibility index (Phi) is 8.80. The van der Waals surface area contributed by atoms with Gasteiger partial charge in [0.2, 0.25) is 29.5 Å². The van der Waals surface area contributed by atoms with Gasteiger partial charge in [-0.15, -0.1) is 0 Å². The molecular formula is C24H33N5O6. The van der Waals surface area contributed by atoms with Crippen molar-refractivity contribution in [3.63, 3.8) is 0 Å². The topological polar surface area (TPSA) is 157 Å². The van der Waals surface area contributed by atoms with E-state index in [-0.39, 0.29) is 18.7 Å². The molecule has 0 unspecified atom stereocenters. The first-order valence-corrected chi connectivity index (χ1v) is 11.9. The molecule has 2 aliphatic rings. The van der Waals surface area contributed by atoms with Crippen molar-refractivity contribution >= 4 is 29.5 Å². The van der Waals surface area contributed by atoms with Crippen LogP contribution in [0.1, 0.15) is 51.1 Å². The number of nitrogens with zero attached hydrogens (tertiary/aromatic N) is 1. The van der Waals surface area contributed by atoms with Crippen LogP contribution in [0.5, 0.6) is 0 Å². The van der Waals surface area contributed by atoms with Gasteiger partial charge in [-0.25, -0.2) is 0 Å². The molecule has 2 heterocycles. The maximum atomic E-state index is 13.1. The zero-order chi connectivity index (χ0) is 25.5. The third kappa shape index (κ3) is 6.36. The first kappa shape index (κ1) is 26.1. The highest BCUT2D eigenvalue weighted by Crippen LogP contribution is 2.20. The van der Waals surface area contributed by atoms with E-state index in [0.29, 0.717) is 24.9 Å².